The van der Waals surface area contributed by atoms with E-state index >= 15 is 0 Å². The minimum Gasteiger partial charge on any atom is -0.493 e. The molecule has 24 heavy (non-hydrogen) atoms. The molecular weight excluding hydrogens is 308 g/mol. The van der Waals surface area contributed by atoms with Crippen LogP contribution in [0.2, 0.25) is 0 Å². The Hall–Kier alpha value is -2.67. The number of nitrogens with two attached hydrogens (primary N) is 1. The quantitative estimate of drug-likeness (QED) is 0.809. The van der Waals surface area contributed by atoms with E-state index in [1.807, 2.05) is 32.9 Å². The van der Waals surface area contributed by atoms with Crippen LogP contribution in [0.4, 0.5) is 5.69 Å². The maximum atomic E-state index is 11.7. The smallest absolute Gasteiger partial charge is 0.322 e. The predicted octanol–water partition coefficient (Wildman–Crippen LogP) is 2.65. The number of carbonyl (C=O) groups is 1. The van der Waals surface area contributed by atoms with Crippen LogP contribution < -0.4 is 20.5 Å². The first-order chi connectivity index (χ1) is 11.5. The molecule has 0 aliphatic carbocycles. The van der Waals surface area contributed by atoms with Gasteiger partial charge in [-0.2, -0.15) is 0 Å². The van der Waals surface area contributed by atoms with E-state index in [2.05, 4.69) is 15.3 Å². The Balaban J connectivity index is 2.04. The summed E-state index contributed by atoms with van der Waals surface area (Å²) in [7, 11) is 0. The molecule has 0 spiro atoms. The van der Waals surface area contributed by atoms with Gasteiger partial charge in [0.25, 0.3) is 0 Å². The van der Waals surface area contributed by atoms with Crippen LogP contribution in [0.15, 0.2) is 30.6 Å². The van der Waals surface area contributed by atoms with Crippen LogP contribution in [-0.2, 0) is 4.79 Å². The van der Waals surface area contributed by atoms with Crippen molar-refractivity contribution >= 4 is 11.6 Å². The normalized spacial score (nSPS) is 11.7. The van der Waals surface area contributed by atoms with Gasteiger partial charge in [0, 0.05) is 6.07 Å². The van der Waals surface area contributed by atoms with Crippen molar-refractivity contribution in [2.75, 3.05) is 11.9 Å². The first kappa shape index (κ1) is 17.7. The third kappa shape index (κ3) is 4.66. The first-order valence-corrected chi connectivity index (χ1v) is 7.83. The number of ether oxygens (including phenoxy) is 2. The molecule has 7 heteroatoms. The molecule has 7 nitrogen and oxygen atoms in total. The molecule has 0 aliphatic rings. The van der Waals surface area contributed by atoms with E-state index in [4.69, 9.17) is 15.2 Å². The van der Waals surface area contributed by atoms with E-state index in [0.717, 1.165) is 11.3 Å². The molecule has 3 N–H and O–H groups in total. The summed E-state index contributed by atoms with van der Waals surface area (Å²) in [5, 5.41) is 2.65. The molecular formula is C17H22N4O3. The van der Waals surface area contributed by atoms with Gasteiger partial charge in [0.1, 0.15) is 11.5 Å². The van der Waals surface area contributed by atoms with Crippen molar-refractivity contribution in [2.45, 2.75) is 33.2 Å². The van der Waals surface area contributed by atoms with Gasteiger partial charge in [-0.1, -0.05) is 13.0 Å². The fourth-order valence-corrected chi connectivity index (χ4v) is 1.91. The van der Waals surface area contributed by atoms with Crippen molar-refractivity contribution in [3.05, 3.63) is 36.2 Å². The summed E-state index contributed by atoms with van der Waals surface area (Å²) in [4.78, 5) is 19.9. The maximum Gasteiger partial charge on any atom is 0.322 e. The van der Waals surface area contributed by atoms with Crippen LogP contribution >= 0.6 is 0 Å². The van der Waals surface area contributed by atoms with Crippen molar-refractivity contribution in [3.8, 4) is 17.5 Å². The number of hydrogen-bond acceptors (Lipinski definition) is 6. The lowest BCUT2D eigenvalue weighted by Gasteiger charge is -2.11. The number of anilines is 1. The zero-order valence-corrected chi connectivity index (χ0v) is 14.1. The van der Waals surface area contributed by atoms with Crippen molar-refractivity contribution in [3.63, 3.8) is 0 Å². The molecule has 2 rings (SSSR count). The summed E-state index contributed by atoms with van der Waals surface area (Å²) in [5.41, 5.74) is 7.15. The first-order valence-electron chi connectivity index (χ1n) is 7.83. The Labute approximate surface area is 141 Å². The molecule has 0 aliphatic heterocycles. The third-order valence-corrected chi connectivity index (χ3v) is 3.34. The highest BCUT2D eigenvalue weighted by Crippen LogP contribution is 2.26. The van der Waals surface area contributed by atoms with Gasteiger partial charge in [-0.15, -0.1) is 0 Å². The molecule has 2 aromatic rings. The Kier molecular flexibility index (Phi) is 6.08. The Morgan fingerprint density at radius 1 is 1.29 bits per heavy atom. The Morgan fingerprint density at radius 2 is 2.00 bits per heavy atom. The van der Waals surface area contributed by atoms with Crippen molar-refractivity contribution in [1.82, 2.24) is 9.97 Å². The number of carbonyl (C=O) groups excluding carboxylic acids is 1. The molecule has 1 heterocycles. The molecule has 0 fully saturated rings. The fraction of sp³-hybridized carbons (Fsp3) is 0.353. The summed E-state index contributed by atoms with van der Waals surface area (Å²) in [6, 6.07) is 5.14. The Morgan fingerprint density at radius 3 is 2.62 bits per heavy atom. The number of benzene rings is 1. The summed E-state index contributed by atoms with van der Waals surface area (Å²) < 4.78 is 11.1. The van der Waals surface area contributed by atoms with E-state index in [0.29, 0.717) is 24.5 Å². The van der Waals surface area contributed by atoms with E-state index in [1.165, 1.54) is 12.4 Å². The summed E-state index contributed by atoms with van der Waals surface area (Å²) in [5.74, 6) is 1.07. The SMILES string of the molecule is CCOc1cc(Oc2ncc(NC(=O)[C@H](N)CC)cn2)ccc1C. The maximum absolute atomic E-state index is 11.7. The number of aromatic nitrogens is 2. The molecule has 0 unspecified atom stereocenters. The molecule has 0 radical (unpaired) electrons. The van der Waals surface area contributed by atoms with Gasteiger partial charge in [0.2, 0.25) is 5.91 Å². The van der Waals surface area contributed by atoms with Crippen LogP contribution in [0.25, 0.3) is 0 Å². The van der Waals surface area contributed by atoms with E-state index in [9.17, 15) is 4.79 Å². The van der Waals surface area contributed by atoms with Gasteiger partial charge < -0.3 is 20.5 Å². The topological polar surface area (TPSA) is 99.4 Å². The van der Waals surface area contributed by atoms with Crippen LogP contribution in [0.1, 0.15) is 25.8 Å². The molecule has 0 saturated heterocycles. The molecule has 1 aromatic heterocycles. The number of aryl methyl sites for hydroxylation is 1. The second-order valence-corrected chi connectivity index (χ2v) is 5.22. The highest BCUT2D eigenvalue weighted by Gasteiger charge is 2.11. The third-order valence-electron chi connectivity index (χ3n) is 3.34. The molecule has 1 aromatic carbocycles. The zero-order chi connectivity index (χ0) is 17.5. The van der Waals surface area contributed by atoms with Crippen molar-refractivity contribution in [1.29, 1.82) is 0 Å². The van der Waals surface area contributed by atoms with Crippen LogP contribution in [0.3, 0.4) is 0 Å². The molecule has 0 saturated carbocycles. The highest BCUT2D eigenvalue weighted by atomic mass is 16.5. The summed E-state index contributed by atoms with van der Waals surface area (Å²) in [6.45, 7) is 6.31. The zero-order valence-electron chi connectivity index (χ0n) is 14.1. The van der Waals surface area contributed by atoms with E-state index in [-0.39, 0.29) is 11.9 Å². The lowest BCUT2D eigenvalue weighted by atomic mass is 10.2. The standard InChI is InChI=1S/C17H22N4O3/c1-4-14(18)16(22)21-12-9-19-17(20-10-12)24-13-7-6-11(3)15(8-13)23-5-2/h6-10,14H,4-5,18H2,1-3H3,(H,21,22)/t14-/m1/s1. The van der Waals surface area contributed by atoms with Gasteiger partial charge in [-0.25, -0.2) is 9.97 Å². The highest BCUT2D eigenvalue weighted by molar-refractivity contribution is 5.94. The van der Waals surface area contributed by atoms with Gasteiger partial charge in [-0.05, 0) is 31.9 Å². The fourth-order valence-electron chi connectivity index (χ4n) is 1.91. The van der Waals surface area contributed by atoms with Gasteiger partial charge >= 0.3 is 6.01 Å². The second-order valence-electron chi connectivity index (χ2n) is 5.22. The largest absolute Gasteiger partial charge is 0.493 e. The van der Waals surface area contributed by atoms with Crippen LogP contribution in [0, 0.1) is 6.92 Å². The lowest BCUT2D eigenvalue weighted by molar-refractivity contribution is -0.117. The van der Waals surface area contributed by atoms with Gasteiger partial charge in [-0.3, -0.25) is 4.79 Å². The number of rotatable bonds is 7. The average Bonchev–Trinajstić information content (AvgIpc) is 2.59. The van der Waals surface area contributed by atoms with E-state index < -0.39 is 6.04 Å². The number of hydrogen-bond donors (Lipinski definition) is 2. The van der Waals surface area contributed by atoms with Crippen LogP contribution in [-0.4, -0.2) is 28.5 Å². The lowest BCUT2D eigenvalue weighted by Crippen LogP contribution is -2.34. The minimum atomic E-state index is -0.550. The summed E-state index contributed by atoms with van der Waals surface area (Å²) in [6.07, 6.45) is 3.50. The van der Waals surface area contributed by atoms with Crippen molar-refractivity contribution in [2.24, 2.45) is 5.73 Å². The molecule has 0 bridgehead atoms. The molecule has 128 valence electrons. The van der Waals surface area contributed by atoms with E-state index in [1.54, 1.807) is 6.07 Å². The monoisotopic (exact) mass is 330 g/mol. The van der Waals surface area contributed by atoms with Crippen molar-refractivity contribution < 1.29 is 14.3 Å². The average molecular weight is 330 g/mol. The predicted molar refractivity (Wildman–Crippen MR) is 91.4 cm³/mol. The number of nitrogens with zero attached hydrogens (tertiary/aromatic N) is 2. The second kappa shape index (κ2) is 8.26. The van der Waals surface area contributed by atoms with Crippen LogP contribution in [0.5, 0.6) is 17.5 Å². The minimum absolute atomic E-state index is 0.180. The Bertz CT molecular complexity index is 689. The van der Waals surface area contributed by atoms with Gasteiger partial charge in [0.05, 0.1) is 30.7 Å². The number of nitrogens with one attached hydrogen (secondary N) is 1. The number of amides is 1. The molecule has 1 amide bonds. The van der Waals surface area contributed by atoms with Gasteiger partial charge in [0.15, 0.2) is 0 Å². The summed E-state index contributed by atoms with van der Waals surface area (Å²) >= 11 is 0. The molecule has 1 atom stereocenters.